The molecule has 5 heteroatoms. The minimum Gasteiger partial charge on any atom is -0.246 e. The second-order valence-electron chi connectivity index (χ2n) is 12.4. The standard InChI is InChI=1S/C28H31N3O2/c1-25(2)18-11-12-26(25,3)22(16-18)29-23(32)30-20-8-9-21(31(30)24(29)33)28-15-14-27(20,28)13-10-17-6-4-5-7-19(17)28/h4-9,14-15,18,20-22H,10-13,16H2,1-3H3/t18-,20-,21-,22+,26-,27+,28+/m0/s1. The molecule has 33 heavy (non-hydrogen) atoms. The van der Waals surface area contributed by atoms with Crippen LogP contribution < -0.4 is 11.4 Å². The van der Waals surface area contributed by atoms with Gasteiger partial charge in [0.1, 0.15) is 0 Å². The van der Waals surface area contributed by atoms with Gasteiger partial charge in [0.25, 0.3) is 0 Å². The molecule has 0 N–H and O–H groups in total. The fraction of sp³-hybridized carbons (Fsp3) is 0.571. The van der Waals surface area contributed by atoms with E-state index in [1.165, 1.54) is 17.5 Å². The molecule has 7 aliphatic rings. The molecule has 1 aromatic heterocycles. The van der Waals surface area contributed by atoms with Gasteiger partial charge in [-0.15, -0.1) is 0 Å². The summed E-state index contributed by atoms with van der Waals surface area (Å²) in [6.07, 6.45) is 14.4. The highest BCUT2D eigenvalue weighted by Gasteiger charge is 2.70. The van der Waals surface area contributed by atoms with Crippen LogP contribution in [0.1, 0.15) is 75.7 Å². The number of rotatable bonds is 1. The second-order valence-corrected chi connectivity index (χ2v) is 12.4. The SMILES string of the molecule is CC1(C)[C@H]2CC[C@@]1(C)[C@H](n1c(=O)n3n(c1=O)[C@H]1C=C[C@H]3[C@@]34C=C[C@@]13c1ccccc1CC4)C2. The number of aromatic nitrogens is 3. The maximum Gasteiger partial charge on any atom is 0.348 e. The molecule has 2 aliphatic heterocycles. The lowest BCUT2D eigenvalue weighted by Crippen LogP contribution is -2.67. The third kappa shape index (κ3) is 1.63. The smallest absolute Gasteiger partial charge is 0.246 e. The molecule has 2 aromatic rings. The van der Waals surface area contributed by atoms with Crippen LogP contribution in [0.25, 0.3) is 0 Å². The summed E-state index contributed by atoms with van der Waals surface area (Å²) in [7, 11) is 0. The van der Waals surface area contributed by atoms with E-state index in [1.807, 2.05) is 9.36 Å². The highest BCUT2D eigenvalue weighted by Crippen LogP contribution is 2.72. The first kappa shape index (κ1) is 18.8. The van der Waals surface area contributed by atoms with E-state index >= 15 is 0 Å². The van der Waals surface area contributed by atoms with Gasteiger partial charge in [-0.3, -0.25) is 0 Å². The van der Waals surface area contributed by atoms with E-state index in [0.717, 1.165) is 25.7 Å². The van der Waals surface area contributed by atoms with E-state index in [9.17, 15) is 9.59 Å². The van der Waals surface area contributed by atoms with Gasteiger partial charge in [0.05, 0.1) is 17.5 Å². The fourth-order valence-corrected chi connectivity index (χ4v) is 9.53. The number of hydrogen-bond acceptors (Lipinski definition) is 2. The number of fused-ring (bicyclic) bond motifs is 3. The van der Waals surface area contributed by atoms with Gasteiger partial charge >= 0.3 is 11.4 Å². The van der Waals surface area contributed by atoms with Crippen LogP contribution in [0.3, 0.4) is 0 Å². The summed E-state index contributed by atoms with van der Waals surface area (Å²) < 4.78 is 5.38. The van der Waals surface area contributed by atoms with Crippen LogP contribution in [0.4, 0.5) is 0 Å². The summed E-state index contributed by atoms with van der Waals surface area (Å²) in [5.41, 5.74) is 2.36. The molecule has 0 spiro atoms. The van der Waals surface area contributed by atoms with Crippen molar-refractivity contribution in [1.29, 1.82) is 0 Å². The molecule has 5 aliphatic carbocycles. The normalized spacial score (nSPS) is 44.2. The summed E-state index contributed by atoms with van der Waals surface area (Å²) in [6, 6.07) is 8.50. The molecule has 4 bridgehead atoms. The van der Waals surface area contributed by atoms with Crippen LogP contribution >= 0.6 is 0 Å². The maximum absolute atomic E-state index is 14.1. The summed E-state index contributed by atoms with van der Waals surface area (Å²) in [5.74, 6) is 0.583. The van der Waals surface area contributed by atoms with E-state index in [1.54, 1.807) is 4.57 Å². The van der Waals surface area contributed by atoms with Gasteiger partial charge in [-0.25, -0.2) is 23.5 Å². The Morgan fingerprint density at radius 1 is 0.909 bits per heavy atom. The Balaban J connectivity index is 1.38. The highest BCUT2D eigenvalue weighted by atomic mass is 16.2. The topological polar surface area (TPSA) is 48.9 Å². The van der Waals surface area contributed by atoms with Crippen molar-refractivity contribution in [2.45, 2.75) is 76.4 Å². The molecule has 9 rings (SSSR count). The fourth-order valence-electron chi connectivity index (χ4n) is 9.53. The molecular formula is C28H31N3O2. The molecule has 0 radical (unpaired) electrons. The minimum absolute atomic E-state index is 0.00817. The van der Waals surface area contributed by atoms with Crippen LogP contribution in [0, 0.1) is 22.2 Å². The predicted molar refractivity (Wildman–Crippen MR) is 126 cm³/mol. The molecule has 2 saturated carbocycles. The Morgan fingerprint density at radius 2 is 1.64 bits per heavy atom. The molecule has 2 fully saturated rings. The van der Waals surface area contributed by atoms with Gasteiger partial charge < -0.3 is 0 Å². The Kier molecular flexibility index (Phi) is 2.99. The Hall–Kier alpha value is -2.56. The molecule has 5 nitrogen and oxygen atoms in total. The monoisotopic (exact) mass is 441 g/mol. The van der Waals surface area contributed by atoms with E-state index in [0.29, 0.717) is 5.92 Å². The zero-order valence-corrected chi connectivity index (χ0v) is 19.6. The molecule has 0 unspecified atom stereocenters. The Labute approximate surface area is 193 Å². The third-order valence-electron chi connectivity index (χ3n) is 11.8. The second kappa shape index (κ2) is 5.24. The molecule has 1 aromatic carbocycles. The van der Waals surface area contributed by atoms with E-state index in [4.69, 9.17) is 0 Å². The number of nitrogens with zero attached hydrogens (tertiary/aromatic N) is 3. The van der Waals surface area contributed by atoms with Gasteiger partial charge in [-0.1, -0.05) is 69.3 Å². The summed E-state index contributed by atoms with van der Waals surface area (Å²) in [4.78, 5) is 28.2. The summed E-state index contributed by atoms with van der Waals surface area (Å²) in [6.45, 7) is 7.02. The quantitative estimate of drug-likeness (QED) is 0.620. The average molecular weight is 442 g/mol. The first-order valence-corrected chi connectivity index (χ1v) is 12.7. The van der Waals surface area contributed by atoms with Crippen LogP contribution in [0.15, 0.2) is 58.2 Å². The first-order chi connectivity index (χ1) is 15.8. The highest BCUT2D eigenvalue weighted by molar-refractivity contribution is 5.57. The van der Waals surface area contributed by atoms with Gasteiger partial charge in [0, 0.05) is 11.5 Å². The van der Waals surface area contributed by atoms with Gasteiger partial charge in [0.15, 0.2) is 0 Å². The Morgan fingerprint density at radius 3 is 2.30 bits per heavy atom. The van der Waals surface area contributed by atoms with E-state index in [-0.39, 0.29) is 51.2 Å². The first-order valence-electron chi connectivity index (χ1n) is 12.7. The van der Waals surface area contributed by atoms with Crippen LogP contribution in [0.2, 0.25) is 0 Å². The Bertz CT molecular complexity index is 1440. The van der Waals surface area contributed by atoms with Crippen molar-refractivity contribution in [3.05, 3.63) is 80.7 Å². The van der Waals surface area contributed by atoms with Gasteiger partial charge in [0.2, 0.25) is 0 Å². The summed E-state index contributed by atoms with van der Waals surface area (Å²) in [5, 5.41) is 0. The molecule has 0 saturated heterocycles. The van der Waals surface area contributed by atoms with Crippen LogP contribution in [-0.4, -0.2) is 13.9 Å². The molecule has 170 valence electrons. The van der Waals surface area contributed by atoms with Crippen molar-refractivity contribution in [1.82, 2.24) is 13.9 Å². The van der Waals surface area contributed by atoms with Crippen molar-refractivity contribution in [3.8, 4) is 0 Å². The van der Waals surface area contributed by atoms with Crippen molar-refractivity contribution >= 4 is 0 Å². The molecule has 7 atom stereocenters. The predicted octanol–water partition coefficient (Wildman–Crippen LogP) is 4.30. The average Bonchev–Trinajstić information content (AvgIpc) is 3.26. The lowest BCUT2D eigenvalue weighted by atomic mass is 9.40. The number of allylic oxidation sites excluding steroid dienone is 4. The zero-order chi connectivity index (χ0) is 22.5. The van der Waals surface area contributed by atoms with Crippen molar-refractivity contribution < 1.29 is 0 Å². The lowest BCUT2D eigenvalue weighted by molar-refractivity contribution is -0.00716. The molecular weight excluding hydrogens is 410 g/mol. The number of aryl methyl sites for hydroxylation is 1. The molecule has 0 amide bonds. The van der Waals surface area contributed by atoms with Gasteiger partial charge in [-0.2, -0.15) is 0 Å². The maximum atomic E-state index is 14.1. The van der Waals surface area contributed by atoms with Crippen LogP contribution in [-0.2, 0) is 11.8 Å². The van der Waals surface area contributed by atoms with Crippen molar-refractivity contribution in [2.75, 3.05) is 0 Å². The summed E-state index contributed by atoms with van der Waals surface area (Å²) >= 11 is 0. The van der Waals surface area contributed by atoms with Crippen molar-refractivity contribution in [2.24, 2.45) is 22.2 Å². The van der Waals surface area contributed by atoms with Crippen LogP contribution in [0.5, 0.6) is 0 Å². The lowest BCUT2D eigenvalue weighted by Gasteiger charge is -2.67. The molecule has 3 heterocycles. The number of hydrogen-bond donors (Lipinski definition) is 0. The van der Waals surface area contributed by atoms with Gasteiger partial charge in [-0.05, 0) is 60.0 Å². The van der Waals surface area contributed by atoms with E-state index in [2.05, 4.69) is 69.3 Å². The van der Waals surface area contributed by atoms with Crippen molar-refractivity contribution in [3.63, 3.8) is 0 Å². The third-order valence-corrected chi connectivity index (χ3v) is 11.8. The minimum atomic E-state index is -0.221. The van der Waals surface area contributed by atoms with E-state index < -0.39 is 0 Å². The zero-order valence-electron chi connectivity index (χ0n) is 19.6. The largest absolute Gasteiger partial charge is 0.348 e. The number of benzene rings is 1.